The van der Waals surface area contributed by atoms with E-state index in [2.05, 4.69) is 10.4 Å². The van der Waals surface area contributed by atoms with Gasteiger partial charge < -0.3 is 10.2 Å². The molecule has 2 atom stereocenters. The summed E-state index contributed by atoms with van der Waals surface area (Å²) in [5.74, 6) is 0.0661. The van der Waals surface area contributed by atoms with Crippen LogP contribution in [0.1, 0.15) is 55.4 Å². The normalized spacial score (nSPS) is 26.3. The maximum Gasteiger partial charge on any atom is 0.272 e. The summed E-state index contributed by atoms with van der Waals surface area (Å²) in [6.07, 6.45) is 8.69. The number of fused-ring (bicyclic) bond motifs is 1. The van der Waals surface area contributed by atoms with Crippen LogP contribution in [0.25, 0.3) is 0 Å². The smallest absolute Gasteiger partial charge is 0.272 e. The van der Waals surface area contributed by atoms with Crippen LogP contribution in [0.4, 0.5) is 0 Å². The Morgan fingerprint density at radius 2 is 2.04 bits per heavy atom. The summed E-state index contributed by atoms with van der Waals surface area (Å²) >= 11 is 0. The molecule has 1 N–H and O–H groups in total. The van der Waals surface area contributed by atoms with Crippen molar-refractivity contribution in [3.05, 3.63) is 18.0 Å². The maximum absolute atomic E-state index is 13.0. The fourth-order valence-electron chi connectivity index (χ4n) is 3.87. The van der Waals surface area contributed by atoms with Crippen LogP contribution in [0, 0.1) is 5.92 Å². The Morgan fingerprint density at radius 1 is 1.22 bits per heavy atom. The molecule has 6 nitrogen and oxygen atoms in total. The number of carbonyl (C=O) groups excluding carboxylic acids is 2. The zero-order valence-electron chi connectivity index (χ0n) is 13.8. The van der Waals surface area contributed by atoms with E-state index in [4.69, 9.17) is 0 Å². The minimum absolute atomic E-state index is 0.00828. The van der Waals surface area contributed by atoms with Crippen LogP contribution in [0.2, 0.25) is 0 Å². The number of aromatic nitrogens is 2. The second-order valence-corrected chi connectivity index (χ2v) is 6.65. The molecule has 0 aromatic carbocycles. The van der Waals surface area contributed by atoms with Crippen LogP contribution >= 0.6 is 0 Å². The Balaban J connectivity index is 1.85. The van der Waals surface area contributed by atoms with Crippen molar-refractivity contribution < 1.29 is 9.59 Å². The van der Waals surface area contributed by atoms with Gasteiger partial charge >= 0.3 is 0 Å². The maximum atomic E-state index is 13.0. The lowest BCUT2D eigenvalue weighted by molar-refractivity contribution is -0.126. The molecule has 1 saturated heterocycles. The highest BCUT2D eigenvalue weighted by atomic mass is 16.2. The van der Waals surface area contributed by atoms with Gasteiger partial charge in [-0.05, 0) is 31.7 Å². The second-order valence-electron chi connectivity index (χ2n) is 6.65. The molecule has 0 unspecified atom stereocenters. The molecule has 1 aromatic rings. The molecule has 6 heteroatoms. The van der Waals surface area contributed by atoms with Crippen LogP contribution in [0.15, 0.2) is 12.3 Å². The molecule has 23 heavy (non-hydrogen) atoms. The van der Waals surface area contributed by atoms with Gasteiger partial charge in [0.05, 0.1) is 5.92 Å². The van der Waals surface area contributed by atoms with Crippen LogP contribution in [0.5, 0.6) is 0 Å². The third kappa shape index (κ3) is 3.41. The summed E-state index contributed by atoms with van der Waals surface area (Å²) in [6.45, 7) is 1.50. The Kier molecular flexibility index (Phi) is 4.98. The van der Waals surface area contributed by atoms with E-state index >= 15 is 0 Å². The van der Waals surface area contributed by atoms with Crippen molar-refractivity contribution >= 4 is 11.8 Å². The molecule has 0 bridgehead atoms. The molecule has 1 saturated carbocycles. The number of rotatable bonds is 1. The third-order valence-corrected chi connectivity index (χ3v) is 5.14. The lowest BCUT2D eigenvalue weighted by Gasteiger charge is -2.32. The first-order chi connectivity index (χ1) is 11.2. The SMILES string of the molecule is Cn1nccc1C(=O)N1CCCCCCNC(=O)[C@@H]2CCC[C@@H]21. The van der Waals surface area contributed by atoms with Crippen molar-refractivity contribution in [1.82, 2.24) is 20.0 Å². The topological polar surface area (TPSA) is 67.2 Å². The largest absolute Gasteiger partial charge is 0.356 e. The molecule has 2 heterocycles. The van der Waals surface area contributed by atoms with Crippen molar-refractivity contribution in [3.63, 3.8) is 0 Å². The van der Waals surface area contributed by atoms with Gasteiger partial charge in [0.25, 0.3) is 5.91 Å². The van der Waals surface area contributed by atoms with Crippen LogP contribution in [-0.2, 0) is 11.8 Å². The van der Waals surface area contributed by atoms with E-state index in [1.54, 1.807) is 24.0 Å². The molecule has 1 aliphatic carbocycles. The Morgan fingerprint density at radius 3 is 2.83 bits per heavy atom. The molecule has 0 radical (unpaired) electrons. The minimum Gasteiger partial charge on any atom is -0.356 e. The summed E-state index contributed by atoms with van der Waals surface area (Å²) in [4.78, 5) is 27.4. The zero-order chi connectivity index (χ0) is 16.2. The number of amides is 2. The van der Waals surface area contributed by atoms with E-state index < -0.39 is 0 Å². The summed E-state index contributed by atoms with van der Waals surface area (Å²) in [5, 5.41) is 7.18. The van der Waals surface area contributed by atoms with E-state index in [9.17, 15) is 9.59 Å². The molecule has 0 spiro atoms. The molecule has 2 aliphatic rings. The highest BCUT2D eigenvalue weighted by Crippen LogP contribution is 2.32. The van der Waals surface area contributed by atoms with E-state index in [0.717, 1.165) is 58.0 Å². The van der Waals surface area contributed by atoms with Gasteiger partial charge in [0.2, 0.25) is 5.91 Å². The van der Waals surface area contributed by atoms with Gasteiger partial charge in [-0.3, -0.25) is 14.3 Å². The quantitative estimate of drug-likeness (QED) is 0.857. The zero-order valence-corrected chi connectivity index (χ0v) is 13.8. The first kappa shape index (κ1) is 16.0. The number of nitrogens with zero attached hydrogens (tertiary/aromatic N) is 3. The monoisotopic (exact) mass is 318 g/mol. The number of hydrogen-bond acceptors (Lipinski definition) is 3. The van der Waals surface area contributed by atoms with Crippen molar-refractivity contribution in [2.45, 2.75) is 51.0 Å². The summed E-state index contributed by atoms with van der Waals surface area (Å²) in [5.41, 5.74) is 0.603. The van der Waals surface area contributed by atoms with Gasteiger partial charge in [-0.2, -0.15) is 5.10 Å². The number of carbonyl (C=O) groups is 2. The van der Waals surface area contributed by atoms with Crippen molar-refractivity contribution in [1.29, 1.82) is 0 Å². The van der Waals surface area contributed by atoms with E-state index in [1.165, 1.54) is 0 Å². The molecular formula is C17H26N4O2. The molecule has 3 rings (SSSR count). The summed E-state index contributed by atoms with van der Waals surface area (Å²) < 4.78 is 1.62. The number of nitrogens with one attached hydrogen (secondary N) is 1. The van der Waals surface area contributed by atoms with Gasteiger partial charge in [0.15, 0.2) is 0 Å². The molecule has 126 valence electrons. The highest BCUT2D eigenvalue weighted by Gasteiger charge is 2.39. The van der Waals surface area contributed by atoms with Crippen LogP contribution in [0.3, 0.4) is 0 Å². The molecule has 1 aromatic heterocycles. The molecule has 2 fully saturated rings. The van der Waals surface area contributed by atoms with Gasteiger partial charge in [0, 0.05) is 32.4 Å². The van der Waals surface area contributed by atoms with Crippen LogP contribution < -0.4 is 5.32 Å². The number of aryl methyl sites for hydroxylation is 1. The first-order valence-electron chi connectivity index (χ1n) is 8.75. The Hall–Kier alpha value is -1.85. The third-order valence-electron chi connectivity index (χ3n) is 5.14. The van der Waals surface area contributed by atoms with E-state index in [0.29, 0.717) is 5.69 Å². The second kappa shape index (κ2) is 7.15. The average Bonchev–Trinajstić information content (AvgIpc) is 3.17. The van der Waals surface area contributed by atoms with E-state index in [-0.39, 0.29) is 23.8 Å². The van der Waals surface area contributed by atoms with Gasteiger partial charge in [0.1, 0.15) is 5.69 Å². The Bertz CT molecular complexity index is 569. The van der Waals surface area contributed by atoms with Crippen LogP contribution in [-0.4, -0.2) is 45.6 Å². The van der Waals surface area contributed by atoms with Crippen molar-refractivity contribution in [2.24, 2.45) is 13.0 Å². The predicted octanol–water partition coefficient (Wildman–Crippen LogP) is 1.72. The van der Waals surface area contributed by atoms with Gasteiger partial charge in [-0.15, -0.1) is 0 Å². The lowest BCUT2D eigenvalue weighted by Crippen LogP contribution is -2.47. The van der Waals surface area contributed by atoms with Crippen molar-refractivity contribution in [2.75, 3.05) is 13.1 Å². The predicted molar refractivity (Wildman–Crippen MR) is 86.9 cm³/mol. The molecule has 1 aliphatic heterocycles. The summed E-state index contributed by atoms with van der Waals surface area (Å²) in [7, 11) is 1.79. The standard InChI is InChI=1S/C17H26N4O2/c1-20-15(9-11-19-20)17(23)21-12-5-3-2-4-10-18-16(22)13-7-6-8-14(13)21/h9,11,13-14H,2-8,10,12H2,1H3,(H,18,22)/t13-,14+/m1/s1. The fraction of sp³-hybridized carbons (Fsp3) is 0.706. The summed E-state index contributed by atoms with van der Waals surface area (Å²) in [6, 6.07) is 1.78. The lowest BCUT2D eigenvalue weighted by atomic mass is 10.00. The fourth-order valence-corrected chi connectivity index (χ4v) is 3.87. The Labute approximate surface area is 137 Å². The first-order valence-corrected chi connectivity index (χ1v) is 8.75. The highest BCUT2D eigenvalue weighted by molar-refractivity contribution is 5.93. The molecule has 2 amide bonds. The average molecular weight is 318 g/mol. The number of hydrogen-bond donors (Lipinski definition) is 1. The molecular weight excluding hydrogens is 292 g/mol. The van der Waals surface area contributed by atoms with E-state index in [1.807, 2.05) is 4.90 Å². The van der Waals surface area contributed by atoms with Gasteiger partial charge in [-0.1, -0.05) is 19.3 Å². The van der Waals surface area contributed by atoms with Crippen molar-refractivity contribution in [3.8, 4) is 0 Å². The minimum atomic E-state index is -0.0646. The van der Waals surface area contributed by atoms with Gasteiger partial charge in [-0.25, -0.2) is 0 Å².